The Bertz CT molecular complexity index is 339. The monoisotopic (exact) mass is 275 g/mol. The summed E-state index contributed by atoms with van der Waals surface area (Å²) in [6.45, 7) is 1.26. The molecule has 1 atom stereocenters. The minimum Gasteiger partial charge on any atom is -0.464 e. The molecule has 0 aliphatic carbocycles. The second-order valence-corrected chi connectivity index (χ2v) is 4.94. The molecule has 2 heterocycles. The zero-order valence-corrected chi connectivity index (χ0v) is 9.86. The van der Waals surface area contributed by atoms with E-state index in [0.717, 1.165) is 17.4 Å². The molecular formula is C9H10BrNO2S. The van der Waals surface area contributed by atoms with Crippen LogP contribution in [0.2, 0.25) is 0 Å². The van der Waals surface area contributed by atoms with Crippen molar-refractivity contribution in [2.45, 2.75) is 19.0 Å². The molecule has 76 valence electrons. The maximum atomic E-state index is 11.1. The number of rotatable bonds is 3. The van der Waals surface area contributed by atoms with Crippen molar-refractivity contribution in [2.24, 2.45) is 0 Å². The summed E-state index contributed by atoms with van der Waals surface area (Å²) >= 11 is 5.12. The molecule has 2 rings (SSSR count). The summed E-state index contributed by atoms with van der Waals surface area (Å²) < 4.78 is 5.95. The molecule has 14 heavy (non-hydrogen) atoms. The van der Waals surface area contributed by atoms with Gasteiger partial charge in [0.2, 0.25) is 0 Å². The number of ether oxygens (including phenoxy) is 1. The molecule has 3 nitrogen and oxygen atoms in total. The van der Waals surface area contributed by atoms with Crippen molar-refractivity contribution < 1.29 is 9.53 Å². The Balaban J connectivity index is 1.88. The average molecular weight is 276 g/mol. The summed E-state index contributed by atoms with van der Waals surface area (Å²) in [6, 6.07) is 1.89. The Morgan fingerprint density at radius 2 is 2.57 bits per heavy atom. The molecule has 5 heteroatoms. The highest BCUT2D eigenvalue weighted by Crippen LogP contribution is 2.22. The van der Waals surface area contributed by atoms with E-state index in [1.165, 1.54) is 4.88 Å². The van der Waals surface area contributed by atoms with Gasteiger partial charge in [-0.1, -0.05) is 0 Å². The van der Waals surface area contributed by atoms with Crippen LogP contribution < -0.4 is 5.32 Å². The first kappa shape index (κ1) is 10.1. The van der Waals surface area contributed by atoms with E-state index in [4.69, 9.17) is 4.74 Å². The Labute approximate surface area is 94.6 Å². The van der Waals surface area contributed by atoms with E-state index in [0.29, 0.717) is 6.61 Å². The van der Waals surface area contributed by atoms with Gasteiger partial charge in [-0.15, -0.1) is 11.3 Å². The highest BCUT2D eigenvalue weighted by atomic mass is 79.9. The number of halogens is 1. The molecule has 0 amide bonds. The van der Waals surface area contributed by atoms with E-state index < -0.39 is 0 Å². The van der Waals surface area contributed by atoms with Crippen molar-refractivity contribution in [2.75, 3.05) is 6.61 Å². The lowest BCUT2D eigenvalue weighted by Crippen LogP contribution is -2.32. The van der Waals surface area contributed by atoms with Crippen molar-refractivity contribution in [3.8, 4) is 0 Å². The lowest BCUT2D eigenvalue weighted by atomic mass is 10.2. The molecule has 0 spiro atoms. The third-order valence-electron chi connectivity index (χ3n) is 2.14. The van der Waals surface area contributed by atoms with Gasteiger partial charge in [-0.25, -0.2) is 0 Å². The summed E-state index contributed by atoms with van der Waals surface area (Å²) in [4.78, 5) is 12.3. The maximum Gasteiger partial charge on any atom is 0.323 e. The molecule has 0 bridgehead atoms. The Hall–Kier alpha value is -0.390. The lowest BCUT2D eigenvalue weighted by molar-refractivity contribution is -0.139. The van der Waals surface area contributed by atoms with Gasteiger partial charge in [-0.2, -0.15) is 0 Å². The predicted molar refractivity (Wildman–Crippen MR) is 58.2 cm³/mol. The van der Waals surface area contributed by atoms with Crippen molar-refractivity contribution in [3.05, 3.63) is 20.8 Å². The molecule has 1 fully saturated rings. The van der Waals surface area contributed by atoms with E-state index in [2.05, 4.69) is 21.2 Å². The van der Waals surface area contributed by atoms with E-state index in [-0.39, 0.29) is 12.0 Å². The van der Waals surface area contributed by atoms with Gasteiger partial charge in [0.25, 0.3) is 0 Å². The predicted octanol–water partition coefficient (Wildman–Crippen LogP) is 1.92. The molecule has 0 radical (unpaired) electrons. The second kappa shape index (κ2) is 4.42. The zero-order valence-electron chi connectivity index (χ0n) is 7.46. The fraction of sp³-hybridized carbons (Fsp3) is 0.444. The van der Waals surface area contributed by atoms with Crippen molar-refractivity contribution >= 4 is 33.2 Å². The van der Waals surface area contributed by atoms with E-state index >= 15 is 0 Å². The normalized spacial score (nSPS) is 21.2. The molecule has 1 aromatic heterocycles. The van der Waals surface area contributed by atoms with Crippen LogP contribution in [-0.4, -0.2) is 18.6 Å². The highest BCUT2D eigenvalue weighted by Gasteiger charge is 2.25. The van der Waals surface area contributed by atoms with Crippen molar-refractivity contribution in [1.29, 1.82) is 0 Å². The van der Waals surface area contributed by atoms with E-state index in [1.54, 1.807) is 11.3 Å². The molecule has 1 aromatic rings. The molecular weight excluding hydrogens is 266 g/mol. The molecule has 1 aliphatic heterocycles. The zero-order chi connectivity index (χ0) is 9.97. The number of hydrogen-bond acceptors (Lipinski definition) is 4. The minimum absolute atomic E-state index is 0.121. The fourth-order valence-corrected chi connectivity index (χ4v) is 2.79. The number of carbonyl (C=O) groups excluding carboxylic acids is 1. The second-order valence-electron chi connectivity index (χ2n) is 3.08. The van der Waals surface area contributed by atoms with Gasteiger partial charge >= 0.3 is 5.97 Å². The Morgan fingerprint density at radius 1 is 1.71 bits per heavy atom. The fourth-order valence-electron chi connectivity index (χ4n) is 1.35. The van der Waals surface area contributed by atoms with Crippen LogP contribution in [0.25, 0.3) is 0 Å². The highest BCUT2D eigenvalue weighted by molar-refractivity contribution is 9.10. The third-order valence-corrected chi connectivity index (χ3v) is 4.06. The molecule has 1 saturated heterocycles. The summed E-state index contributed by atoms with van der Waals surface area (Å²) in [5, 5.41) is 5.20. The van der Waals surface area contributed by atoms with Crippen LogP contribution in [0.3, 0.4) is 0 Å². The van der Waals surface area contributed by atoms with Crippen LogP contribution in [0.4, 0.5) is 0 Å². The molecule has 1 unspecified atom stereocenters. The number of nitrogens with one attached hydrogen (secondary N) is 1. The van der Waals surface area contributed by atoms with Gasteiger partial charge in [-0.3, -0.25) is 10.1 Å². The SMILES string of the molecule is O=C1OCCC1NCc1sccc1Br. The van der Waals surface area contributed by atoms with Crippen LogP contribution in [0.1, 0.15) is 11.3 Å². The summed E-state index contributed by atoms with van der Waals surface area (Å²) in [6.07, 6.45) is 0.780. The van der Waals surface area contributed by atoms with Gasteiger partial charge in [0.1, 0.15) is 6.04 Å². The van der Waals surface area contributed by atoms with Crippen LogP contribution >= 0.6 is 27.3 Å². The minimum atomic E-state index is -0.127. The van der Waals surface area contributed by atoms with E-state index in [9.17, 15) is 4.79 Å². The number of esters is 1. The Kier molecular flexibility index (Phi) is 3.20. The first-order chi connectivity index (χ1) is 6.77. The summed E-state index contributed by atoms with van der Waals surface area (Å²) in [5.41, 5.74) is 0. The van der Waals surface area contributed by atoms with Crippen LogP contribution in [0.15, 0.2) is 15.9 Å². The number of thiophene rings is 1. The average Bonchev–Trinajstić information content (AvgIpc) is 2.72. The third kappa shape index (κ3) is 2.16. The molecule has 0 aromatic carbocycles. The van der Waals surface area contributed by atoms with Gasteiger partial charge in [0, 0.05) is 22.3 Å². The molecule has 1 aliphatic rings. The largest absolute Gasteiger partial charge is 0.464 e. The van der Waals surface area contributed by atoms with Crippen LogP contribution in [0, 0.1) is 0 Å². The van der Waals surface area contributed by atoms with Gasteiger partial charge in [0.15, 0.2) is 0 Å². The van der Waals surface area contributed by atoms with Gasteiger partial charge in [0.05, 0.1) is 6.61 Å². The molecule has 0 saturated carbocycles. The molecule has 1 N–H and O–H groups in total. The standard InChI is InChI=1S/C9H10BrNO2S/c10-6-2-4-14-8(6)5-11-7-1-3-13-9(7)12/h2,4,7,11H,1,3,5H2. The summed E-state index contributed by atoms with van der Waals surface area (Å²) in [7, 11) is 0. The maximum absolute atomic E-state index is 11.1. The topological polar surface area (TPSA) is 38.3 Å². The summed E-state index contributed by atoms with van der Waals surface area (Å²) in [5.74, 6) is -0.127. The first-order valence-corrected chi connectivity index (χ1v) is 6.06. The van der Waals surface area contributed by atoms with Crippen molar-refractivity contribution in [1.82, 2.24) is 5.32 Å². The van der Waals surface area contributed by atoms with Gasteiger partial charge in [-0.05, 0) is 27.4 Å². The van der Waals surface area contributed by atoms with Crippen molar-refractivity contribution in [3.63, 3.8) is 0 Å². The van der Waals surface area contributed by atoms with Crippen LogP contribution in [0.5, 0.6) is 0 Å². The quantitative estimate of drug-likeness (QED) is 0.857. The number of carbonyl (C=O) groups is 1. The first-order valence-electron chi connectivity index (χ1n) is 4.39. The lowest BCUT2D eigenvalue weighted by Gasteiger charge is -2.07. The smallest absolute Gasteiger partial charge is 0.323 e. The van der Waals surface area contributed by atoms with Gasteiger partial charge < -0.3 is 4.74 Å². The Morgan fingerprint density at radius 3 is 3.14 bits per heavy atom. The van der Waals surface area contributed by atoms with E-state index in [1.807, 2.05) is 11.4 Å². The number of cyclic esters (lactones) is 1. The number of hydrogen-bond donors (Lipinski definition) is 1. The van der Waals surface area contributed by atoms with Crippen LogP contribution in [-0.2, 0) is 16.1 Å².